The van der Waals surface area contributed by atoms with E-state index in [1.54, 1.807) is 30.3 Å². The second kappa shape index (κ2) is 9.54. The summed E-state index contributed by atoms with van der Waals surface area (Å²) in [5.74, 6) is -0.596. The summed E-state index contributed by atoms with van der Waals surface area (Å²) in [6.45, 7) is 0.569. The van der Waals surface area contributed by atoms with Gasteiger partial charge in [0, 0.05) is 39.2 Å². The first-order valence-corrected chi connectivity index (χ1v) is 12.4. The first-order chi connectivity index (χ1) is 13.7. The van der Waals surface area contributed by atoms with Crippen LogP contribution in [-0.4, -0.2) is 31.7 Å². The summed E-state index contributed by atoms with van der Waals surface area (Å²) in [7, 11) is -3.54. The quantitative estimate of drug-likeness (QED) is 0.538. The second-order valence-corrected chi connectivity index (χ2v) is 10.9. The molecule has 5 nitrogen and oxygen atoms in total. The van der Waals surface area contributed by atoms with E-state index in [2.05, 4.69) is 21.2 Å². The standard InChI is InChI=1S/C19H18BrCl3N2O3S/c20-16-4-3-15(10-18(16)23)24-19(26)12-5-7-25(8-6-12)29(27,28)11-13-1-2-14(21)9-17(13)22/h1-4,9-10,12H,5-8,11H2,(H,24,26). The van der Waals surface area contributed by atoms with Crippen molar-refractivity contribution in [2.45, 2.75) is 18.6 Å². The molecule has 0 radical (unpaired) electrons. The van der Waals surface area contributed by atoms with Crippen LogP contribution in [0.5, 0.6) is 0 Å². The molecule has 1 N–H and O–H groups in total. The zero-order valence-electron chi connectivity index (χ0n) is 15.2. The summed E-state index contributed by atoms with van der Waals surface area (Å²) in [5.41, 5.74) is 1.11. The van der Waals surface area contributed by atoms with E-state index in [0.29, 0.717) is 39.2 Å². The van der Waals surface area contributed by atoms with Crippen LogP contribution < -0.4 is 5.32 Å². The molecule has 0 atom stereocenters. The van der Waals surface area contributed by atoms with Gasteiger partial charge in [-0.15, -0.1) is 0 Å². The molecule has 1 aliphatic heterocycles. The minimum Gasteiger partial charge on any atom is -0.326 e. The molecule has 0 aliphatic carbocycles. The first-order valence-electron chi connectivity index (χ1n) is 8.83. The van der Waals surface area contributed by atoms with Gasteiger partial charge in [-0.05, 0) is 64.7 Å². The lowest BCUT2D eigenvalue weighted by molar-refractivity contribution is -0.120. The van der Waals surface area contributed by atoms with Crippen LogP contribution >= 0.6 is 50.7 Å². The third kappa shape index (κ3) is 5.87. The zero-order chi connectivity index (χ0) is 21.2. The van der Waals surface area contributed by atoms with E-state index in [0.717, 1.165) is 4.47 Å². The van der Waals surface area contributed by atoms with Crippen LogP contribution in [0.2, 0.25) is 15.1 Å². The van der Waals surface area contributed by atoms with E-state index in [1.807, 2.05) is 0 Å². The number of nitrogens with zero attached hydrogens (tertiary/aromatic N) is 1. The molecule has 2 aromatic carbocycles. The van der Waals surface area contributed by atoms with Crippen molar-refractivity contribution < 1.29 is 13.2 Å². The van der Waals surface area contributed by atoms with Gasteiger partial charge in [-0.1, -0.05) is 40.9 Å². The highest BCUT2D eigenvalue weighted by Crippen LogP contribution is 2.28. The number of sulfonamides is 1. The highest BCUT2D eigenvalue weighted by atomic mass is 79.9. The molecule has 3 rings (SSSR count). The molecular formula is C19H18BrCl3N2O3S. The van der Waals surface area contributed by atoms with Crippen LogP contribution in [0.25, 0.3) is 0 Å². The molecule has 0 spiro atoms. The minimum atomic E-state index is -3.54. The lowest BCUT2D eigenvalue weighted by atomic mass is 9.97. The smallest absolute Gasteiger partial charge is 0.227 e. The molecule has 29 heavy (non-hydrogen) atoms. The SMILES string of the molecule is O=C(Nc1ccc(Br)c(Cl)c1)C1CCN(S(=O)(=O)Cc2ccc(Cl)cc2Cl)CC1. The number of hydrogen-bond donors (Lipinski definition) is 1. The Labute approximate surface area is 193 Å². The number of carbonyl (C=O) groups is 1. The number of halogens is 4. The van der Waals surface area contributed by atoms with E-state index in [9.17, 15) is 13.2 Å². The maximum Gasteiger partial charge on any atom is 0.227 e. The van der Waals surface area contributed by atoms with Crippen molar-refractivity contribution in [3.8, 4) is 0 Å². The predicted octanol–water partition coefficient (Wildman–Crippen LogP) is 5.59. The number of piperidine rings is 1. The fourth-order valence-electron chi connectivity index (χ4n) is 3.14. The largest absolute Gasteiger partial charge is 0.326 e. The number of benzene rings is 2. The van der Waals surface area contributed by atoms with Gasteiger partial charge in [0.1, 0.15) is 0 Å². The van der Waals surface area contributed by atoms with Crippen LogP contribution in [-0.2, 0) is 20.6 Å². The number of nitrogens with one attached hydrogen (secondary N) is 1. The number of rotatable bonds is 5. The minimum absolute atomic E-state index is 0.138. The molecule has 1 fully saturated rings. The maximum absolute atomic E-state index is 12.7. The molecule has 1 heterocycles. The van der Waals surface area contributed by atoms with Crippen LogP contribution in [0.1, 0.15) is 18.4 Å². The van der Waals surface area contributed by atoms with Gasteiger partial charge >= 0.3 is 0 Å². The second-order valence-electron chi connectivity index (χ2n) is 6.78. The third-order valence-corrected chi connectivity index (χ3v) is 8.41. The van der Waals surface area contributed by atoms with Crippen LogP contribution in [0, 0.1) is 5.92 Å². The molecule has 1 saturated heterocycles. The van der Waals surface area contributed by atoms with E-state index in [1.165, 1.54) is 10.4 Å². The Morgan fingerprint density at radius 1 is 1.07 bits per heavy atom. The van der Waals surface area contributed by atoms with Crippen molar-refractivity contribution >= 4 is 72.4 Å². The van der Waals surface area contributed by atoms with Gasteiger partial charge in [0.15, 0.2) is 0 Å². The Morgan fingerprint density at radius 3 is 2.38 bits per heavy atom. The molecule has 2 aromatic rings. The summed E-state index contributed by atoms with van der Waals surface area (Å²) >= 11 is 21.3. The van der Waals surface area contributed by atoms with Gasteiger partial charge < -0.3 is 5.32 Å². The van der Waals surface area contributed by atoms with Gasteiger partial charge in [0.25, 0.3) is 0 Å². The number of anilines is 1. The molecule has 0 aromatic heterocycles. The van der Waals surface area contributed by atoms with E-state index in [4.69, 9.17) is 34.8 Å². The first kappa shape index (κ1) is 22.8. The monoisotopic (exact) mass is 538 g/mol. The predicted molar refractivity (Wildman–Crippen MR) is 121 cm³/mol. The van der Waals surface area contributed by atoms with Crippen molar-refractivity contribution in [2.24, 2.45) is 5.92 Å². The average Bonchev–Trinajstić information content (AvgIpc) is 2.67. The average molecular weight is 541 g/mol. The highest BCUT2D eigenvalue weighted by Gasteiger charge is 2.31. The van der Waals surface area contributed by atoms with Crippen molar-refractivity contribution in [1.29, 1.82) is 0 Å². The van der Waals surface area contributed by atoms with Crippen molar-refractivity contribution in [1.82, 2.24) is 4.31 Å². The normalized spacial score (nSPS) is 16.0. The molecule has 1 amide bonds. The number of amides is 1. The van der Waals surface area contributed by atoms with E-state index >= 15 is 0 Å². The van der Waals surface area contributed by atoms with Gasteiger partial charge in [-0.3, -0.25) is 4.79 Å². The number of hydrogen-bond acceptors (Lipinski definition) is 3. The fourth-order valence-corrected chi connectivity index (χ4v) is 5.72. The maximum atomic E-state index is 12.7. The van der Waals surface area contributed by atoms with Crippen molar-refractivity contribution in [2.75, 3.05) is 18.4 Å². The number of carbonyl (C=O) groups excluding carboxylic acids is 1. The molecule has 0 saturated carbocycles. The van der Waals surface area contributed by atoms with Crippen molar-refractivity contribution in [3.05, 3.63) is 61.5 Å². The summed E-state index contributed by atoms with van der Waals surface area (Å²) in [5, 5.41) is 4.12. The van der Waals surface area contributed by atoms with Crippen LogP contribution in [0.15, 0.2) is 40.9 Å². The molecule has 156 valence electrons. The Kier molecular flexibility index (Phi) is 7.51. The fraction of sp³-hybridized carbons (Fsp3) is 0.316. The summed E-state index contributed by atoms with van der Waals surface area (Å²) in [6, 6.07) is 9.94. The van der Waals surface area contributed by atoms with Crippen LogP contribution in [0.3, 0.4) is 0 Å². The Bertz CT molecular complexity index is 1030. The Hall–Kier alpha value is -0.830. The lowest BCUT2D eigenvalue weighted by Gasteiger charge is -2.30. The molecule has 0 unspecified atom stereocenters. The van der Waals surface area contributed by atoms with E-state index in [-0.39, 0.29) is 30.7 Å². The third-order valence-electron chi connectivity index (χ3n) is 4.76. The summed E-state index contributed by atoms with van der Waals surface area (Å²) in [6.07, 6.45) is 0.896. The molecule has 10 heteroatoms. The van der Waals surface area contributed by atoms with Gasteiger partial charge in [-0.2, -0.15) is 0 Å². The van der Waals surface area contributed by atoms with E-state index < -0.39 is 10.0 Å². The summed E-state index contributed by atoms with van der Waals surface area (Å²) < 4.78 is 27.6. The highest BCUT2D eigenvalue weighted by molar-refractivity contribution is 9.10. The van der Waals surface area contributed by atoms with Gasteiger partial charge in [0.2, 0.25) is 15.9 Å². The lowest BCUT2D eigenvalue weighted by Crippen LogP contribution is -2.41. The topological polar surface area (TPSA) is 66.5 Å². The van der Waals surface area contributed by atoms with Gasteiger partial charge in [0.05, 0.1) is 10.8 Å². The zero-order valence-corrected chi connectivity index (χ0v) is 19.8. The molecule has 0 bridgehead atoms. The summed E-state index contributed by atoms with van der Waals surface area (Å²) in [4.78, 5) is 12.5. The Balaban J connectivity index is 1.58. The Morgan fingerprint density at radius 2 is 1.76 bits per heavy atom. The van der Waals surface area contributed by atoms with Gasteiger partial charge in [-0.25, -0.2) is 12.7 Å². The van der Waals surface area contributed by atoms with Crippen LogP contribution in [0.4, 0.5) is 5.69 Å². The molecular weight excluding hydrogens is 523 g/mol. The van der Waals surface area contributed by atoms with Crippen molar-refractivity contribution in [3.63, 3.8) is 0 Å². The molecule has 1 aliphatic rings.